The zero-order valence-electron chi connectivity index (χ0n) is 8.22. The van der Waals surface area contributed by atoms with E-state index < -0.39 is 5.97 Å². The van der Waals surface area contributed by atoms with Crippen LogP contribution in [0.2, 0.25) is 0 Å². The fourth-order valence-electron chi connectivity index (χ4n) is 0.983. The van der Waals surface area contributed by atoms with Crippen molar-refractivity contribution in [3.8, 4) is 0 Å². The van der Waals surface area contributed by atoms with Gasteiger partial charge in [0.1, 0.15) is 0 Å². The molecule has 82 valence electrons. The van der Waals surface area contributed by atoms with E-state index in [2.05, 4.69) is 4.98 Å². The van der Waals surface area contributed by atoms with Crippen LogP contribution in [0.25, 0.3) is 0 Å². The largest absolute Gasteiger partial charge is 0.478 e. The SMILES string of the molecule is O=C(O)c1ccc(SCCCCO)nc1. The number of aromatic carboxylic acids is 1. The molecular formula is C10H13NO3S. The van der Waals surface area contributed by atoms with Crippen LogP contribution in [-0.2, 0) is 0 Å². The minimum absolute atomic E-state index is 0.203. The Labute approximate surface area is 92.3 Å². The van der Waals surface area contributed by atoms with Crippen molar-refractivity contribution in [1.82, 2.24) is 4.98 Å². The summed E-state index contributed by atoms with van der Waals surface area (Å²) < 4.78 is 0. The average Bonchev–Trinajstić information content (AvgIpc) is 2.25. The van der Waals surface area contributed by atoms with Crippen molar-refractivity contribution in [3.63, 3.8) is 0 Å². The van der Waals surface area contributed by atoms with Crippen molar-refractivity contribution in [2.45, 2.75) is 17.9 Å². The monoisotopic (exact) mass is 227 g/mol. The molecule has 0 radical (unpaired) electrons. The highest BCUT2D eigenvalue weighted by molar-refractivity contribution is 7.99. The summed E-state index contributed by atoms with van der Waals surface area (Å²) in [5, 5.41) is 18.0. The number of carboxylic acid groups (broad SMARTS) is 1. The Morgan fingerprint density at radius 3 is 2.73 bits per heavy atom. The molecule has 0 aliphatic rings. The number of rotatable bonds is 6. The van der Waals surface area contributed by atoms with Crippen LogP contribution in [0.3, 0.4) is 0 Å². The van der Waals surface area contributed by atoms with Crippen molar-refractivity contribution >= 4 is 17.7 Å². The first-order chi connectivity index (χ1) is 7.24. The van der Waals surface area contributed by atoms with Crippen LogP contribution >= 0.6 is 11.8 Å². The maximum atomic E-state index is 10.5. The van der Waals surface area contributed by atoms with Crippen molar-refractivity contribution in [2.24, 2.45) is 0 Å². The standard InChI is InChI=1S/C10H13NO3S/c12-5-1-2-6-15-9-4-3-8(7-11-9)10(13)14/h3-4,7,12H,1-2,5-6H2,(H,13,14). The first kappa shape index (κ1) is 12.0. The zero-order valence-corrected chi connectivity index (χ0v) is 9.04. The quantitative estimate of drug-likeness (QED) is 0.571. The lowest BCUT2D eigenvalue weighted by atomic mass is 10.3. The van der Waals surface area contributed by atoms with Crippen LogP contribution in [0.4, 0.5) is 0 Å². The Hall–Kier alpha value is -1.07. The van der Waals surface area contributed by atoms with Gasteiger partial charge in [-0.15, -0.1) is 11.8 Å². The lowest BCUT2D eigenvalue weighted by Crippen LogP contribution is -1.96. The summed E-state index contributed by atoms with van der Waals surface area (Å²) in [6, 6.07) is 3.25. The summed E-state index contributed by atoms with van der Waals surface area (Å²) in [4.78, 5) is 14.6. The summed E-state index contributed by atoms with van der Waals surface area (Å²) in [7, 11) is 0. The van der Waals surface area contributed by atoms with Crippen LogP contribution in [0.1, 0.15) is 23.2 Å². The first-order valence-corrected chi connectivity index (χ1v) is 5.65. The lowest BCUT2D eigenvalue weighted by molar-refractivity contribution is 0.0696. The van der Waals surface area contributed by atoms with E-state index in [1.54, 1.807) is 23.9 Å². The molecule has 0 spiro atoms. The van der Waals surface area contributed by atoms with Crippen LogP contribution in [0.15, 0.2) is 23.4 Å². The predicted molar refractivity (Wildman–Crippen MR) is 58.2 cm³/mol. The second kappa shape index (κ2) is 6.42. The Morgan fingerprint density at radius 1 is 1.40 bits per heavy atom. The highest BCUT2D eigenvalue weighted by Crippen LogP contribution is 2.16. The van der Waals surface area contributed by atoms with Crippen LogP contribution in [0, 0.1) is 0 Å². The third-order valence-corrected chi connectivity index (χ3v) is 2.82. The van der Waals surface area contributed by atoms with E-state index in [9.17, 15) is 4.79 Å². The molecule has 5 heteroatoms. The third kappa shape index (κ3) is 4.31. The van der Waals surface area contributed by atoms with Crippen molar-refractivity contribution in [1.29, 1.82) is 0 Å². The first-order valence-electron chi connectivity index (χ1n) is 4.67. The van der Waals surface area contributed by atoms with Gasteiger partial charge in [-0.05, 0) is 30.7 Å². The van der Waals surface area contributed by atoms with E-state index in [0.29, 0.717) is 0 Å². The van der Waals surface area contributed by atoms with Gasteiger partial charge in [-0.2, -0.15) is 0 Å². The molecule has 0 bridgehead atoms. The number of carboxylic acids is 1. The number of carbonyl (C=O) groups is 1. The van der Waals surface area contributed by atoms with Gasteiger partial charge in [0, 0.05) is 12.8 Å². The normalized spacial score (nSPS) is 10.2. The molecule has 0 atom stereocenters. The molecule has 0 aliphatic heterocycles. The highest BCUT2D eigenvalue weighted by Gasteiger charge is 2.02. The van der Waals surface area contributed by atoms with E-state index in [1.165, 1.54) is 6.20 Å². The molecule has 1 aromatic heterocycles. The van der Waals surface area contributed by atoms with Crippen molar-refractivity contribution in [3.05, 3.63) is 23.9 Å². The van der Waals surface area contributed by atoms with Crippen molar-refractivity contribution < 1.29 is 15.0 Å². The molecular weight excluding hydrogens is 214 g/mol. The molecule has 1 rings (SSSR count). The molecule has 0 saturated heterocycles. The molecule has 0 aliphatic carbocycles. The van der Waals surface area contributed by atoms with Gasteiger partial charge in [-0.25, -0.2) is 9.78 Å². The number of nitrogens with zero attached hydrogens (tertiary/aromatic N) is 1. The Kier molecular flexibility index (Phi) is 5.14. The van der Waals surface area contributed by atoms with Gasteiger partial charge in [-0.1, -0.05) is 0 Å². The number of pyridine rings is 1. The van der Waals surface area contributed by atoms with Gasteiger partial charge >= 0.3 is 5.97 Å². The summed E-state index contributed by atoms with van der Waals surface area (Å²) in [5.41, 5.74) is 0.203. The maximum absolute atomic E-state index is 10.5. The zero-order chi connectivity index (χ0) is 11.1. The lowest BCUT2D eigenvalue weighted by Gasteiger charge is -2.00. The second-order valence-electron chi connectivity index (χ2n) is 2.97. The Morgan fingerprint density at radius 2 is 2.20 bits per heavy atom. The third-order valence-electron chi connectivity index (χ3n) is 1.79. The van der Waals surface area contributed by atoms with Crippen LogP contribution in [-0.4, -0.2) is 33.5 Å². The van der Waals surface area contributed by atoms with Crippen LogP contribution in [0.5, 0.6) is 0 Å². The van der Waals surface area contributed by atoms with Crippen molar-refractivity contribution in [2.75, 3.05) is 12.4 Å². The number of thioether (sulfide) groups is 1. The fourth-order valence-corrected chi connectivity index (χ4v) is 1.83. The van der Waals surface area contributed by atoms with Gasteiger partial charge in [0.2, 0.25) is 0 Å². The second-order valence-corrected chi connectivity index (χ2v) is 4.08. The van der Waals surface area contributed by atoms with Gasteiger partial charge in [0.25, 0.3) is 0 Å². The molecule has 1 heterocycles. The van der Waals surface area contributed by atoms with E-state index in [0.717, 1.165) is 23.6 Å². The smallest absolute Gasteiger partial charge is 0.337 e. The predicted octanol–water partition coefficient (Wildman–Crippen LogP) is 1.64. The van der Waals surface area contributed by atoms with Gasteiger partial charge in [0.15, 0.2) is 0 Å². The van der Waals surface area contributed by atoms with E-state index in [1.807, 2.05) is 0 Å². The van der Waals surface area contributed by atoms with Crippen LogP contribution < -0.4 is 0 Å². The molecule has 1 aromatic rings. The van der Waals surface area contributed by atoms with Gasteiger partial charge in [0.05, 0.1) is 10.6 Å². The Balaban J connectivity index is 2.39. The fraction of sp³-hybridized carbons (Fsp3) is 0.400. The summed E-state index contributed by atoms with van der Waals surface area (Å²) in [6.07, 6.45) is 3.08. The minimum atomic E-state index is -0.959. The topological polar surface area (TPSA) is 70.4 Å². The molecule has 0 aromatic carbocycles. The number of unbranched alkanes of at least 4 members (excludes halogenated alkanes) is 1. The summed E-state index contributed by atoms with van der Waals surface area (Å²) in [6.45, 7) is 0.214. The Bertz CT molecular complexity index is 313. The summed E-state index contributed by atoms with van der Waals surface area (Å²) in [5.74, 6) is -0.0701. The molecule has 15 heavy (non-hydrogen) atoms. The number of hydrogen-bond donors (Lipinski definition) is 2. The van der Waals surface area contributed by atoms with E-state index in [4.69, 9.17) is 10.2 Å². The van der Waals surface area contributed by atoms with E-state index >= 15 is 0 Å². The number of aliphatic hydroxyl groups excluding tert-OH is 1. The molecule has 0 saturated carbocycles. The molecule has 4 nitrogen and oxygen atoms in total. The van der Waals surface area contributed by atoms with Gasteiger partial charge in [-0.3, -0.25) is 0 Å². The highest BCUT2D eigenvalue weighted by atomic mass is 32.2. The molecule has 0 amide bonds. The number of hydrogen-bond acceptors (Lipinski definition) is 4. The summed E-state index contributed by atoms with van der Waals surface area (Å²) >= 11 is 1.57. The number of aromatic nitrogens is 1. The molecule has 2 N–H and O–H groups in total. The minimum Gasteiger partial charge on any atom is -0.478 e. The molecule has 0 fully saturated rings. The average molecular weight is 227 g/mol. The maximum Gasteiger partial charge on any atom is 0.337 e. The number of aliphatic hydroxyl groups is 1. The van der Waals surface area contributed by atoms with Gasteiger partial charge < -0.3 is 10.2 Å². The molecule has 0 unspecified atom stereocenters. The van der Waals surface area contributed by atoms with E-state index in [-0.39, 0.29) is 12.2 Å².